The Balaban J connectivity index is 2.70. The average molecular weight is 253 g/mol. The van der Waals surface area contributed by atoms with Crippen molar-refractivity contribution in [3.63, 3.8) is 0 Å². The van der Waals surface area contributed by atoms with Crippen molar-refractivity contribution in [1.82, 2.24) is 5.32 Å². The van der Waals surface area contributed by atoms with Crippen molar-refractivity contribution in [1.29, 1.82) is 0 Å². The molecule has 0 atom stereocenters. The van der Waals surface area contributed by atoms with Crippen LogP contribution in [0.1, 0.15) is 24.2 Å². The van der Waals surface area contributed by atoms with Gasteiger partial charge < -0.3 is 10.4 Å². The lowest BCUT2D eigenvalue weighted by Crippen LogP contribution is -2.36. The maximum absolute atomic E-state index is 12.0. The molecule has 0 aromatic heterocycles. The Hall–Kier alpha value is -1.00. The first-order valence-electron chi connectivity index (χ1n) is 5.52. The fourth-order valence-corrected chi connectivity index (χ4v) is 1.90. The Morgan fingerprint density at radius 1 is 1.41 bits per heavy atom. The summed E-state index contributed by atoms with van der Waals surface area (Å²) >= 11 is 1.55. The molecule has 1 rings (SSSR count). The molecule has 2 N–H and O–H groups in total. The highest BCUT2D eigenvalue weighted by Crippen LogP contribution is 2.20. The second-order valence-corrected chi connectivity index (χ2v) is 5.55. The first kappa shape index (κ1) is 14.1. The Kier molecular flexibility index (Phi) is 5.02. The smallest absolute Gasteiger partial charge is 0.252 e. The van der Waals surface area contributed by atoms with Gasteiger partial charge in [0, 0.05) is 23.5 Å². The molecule has 94 valence electrons. The molecular weight excluding hydrogens is 234 g/mol. The van der Waals surface area contributed by atoms with Crippen molar-refractivity contribution >= 4 is 17.7 Å². The normalized spacial score (nSPS) is 11.3. The van der Waals surface area contributed by atoms with Gasteiger partial charge in [0.05, 0.1) is 5.56 Å². The fourth-order valence-electron chi connectivity index (χ4n) is 1.30. The molecule has 0 aliphatic carbocycles. The van der Waals surface area contributed by atoms with Crippen molar-refractivity contribution in [3.8, 4) is 0 Å². The molecule has 3 nitrogen and oxygen atoms in total. The zero-order chi connectivity index (χ0) is 12.9. The largest absolute Gasteiger partial charge is 0.396 e. The molecule has 0 aliphatic heterocycles. The van der Waals surface area contributed by atoms with Gasteiger partial charge in [0.1, 0.15) is 0 Å². The highest BCUT2D eigenvalue weighted by atomic mass is 32.2. The molecule has 0 spiro atoms. The lowest BCUT2D eigenvalue weighted by Gasteiger charge is -2.22. The molecule has 0 aliphatic rings. The van der Waals surface area contributed by atoms with Crippen LogP contribution >= 0.6 is 11.8 Å². The summed E-state index contributed by atoms with van der Waals surface area (Å²) < 4.78 is 0. The summed E-state index contributed by atoms with van der Waals surface area (Å²) in [5.41, 5.74) is 0.401. The first-order valence-corrected chi connectivity index (χ1v) is 6.75. The number of aliphatic hydroxyl groups excluding tert-OH is 1. The highest BCUT2D eigenvalue weighted by molar-refractivity contribution is 7.98. The van der Waals surface area contributed by atoms with Gasteiger partial charge in [-0.05, 0) is 18.4 Å². The van der Waals surface area contributed by atoms with Gasteiger partial charge in [0.25, 0.3) is 5.91 Å². The first-order chi connectivity index (χ1) is 8.00. The number of benzene rings is 1. The SMILES string of the molecule is CSc1ccccc1C(=O)NCC(C)(C)CO. The molecule has 1 aromatic rings. The minimum Gasteiger partial charge on any atom is -0.396 e. The van der Waals surface area contributed by atoms with E-state index in [-0.39, 0.29) is 17.9 Å². The Labute approximate surface area is 107 Å². The van der Waals surface area contributed by atoms with Crippen LogP contribution in [0.2, 0.25) is 0 Å². The lowest BCUT2D eigenvalue weighted by molar-refractivity contribution is 0.0908. The predicted octanol–water partition coefficient (Wildman–Crippen LogP) is 2.16. The van der Waals surface area contributed by atoms with Gasteiger partial charge in [-0.25, -0.2) is 0 Å². The van der Waals surface area contributed by atoms with Crippen molar-refractivity contribution in [2.24, 2.45) is 5.41 Å². The molecule has 1 aromatic carbocycles. The van der Waals surface area contributed by atoms with Crippen LogP contribution in [0.15, 0.2) is 29.2 Å². The van der Waals surface area contributed by atoms with E-state index in [0.29, 0.717) is 12.1 Å². The Morgan fingerprint density at radius 3 is 2.65 bits per heavy atom. The minimum atomic E-state index is -0.288. The Morgan fingerprint density at radius 2 is 2.06 bits per heavy atom. The van der Waals surface area contributed by atoms with E-state index in [1.165, 1.54) is 0 Å². The number of amides is 1. The van der Waals surface area contributed by atoms with Crippen molar-refractivity contribution in [3.05, 3.63) is 29.8 Å². The molecule has 0 radical (unpaired) electrons. The van der Waals surface area contributed by atoms with Crippen molar-refractivity contribution in [2.45, 2.75) is 18.7 Å². The molecule has 0 unspecified atom stereocenters. The van der Waals surface area contributed by atoms with Crippen LogP contribution in [0.25, 0.3) is 0 Å². The molecular formula is C13H19NO2S. The standard InChI is InChI=1S/C13H19NO2S/c1-13(2,9-15)8-14-12(16)10-6-4-5-7-11(10)17-3/h4-7,15H,8-9H2,1-3H3,(H,14,16). The average Bonchev–Trinajstić information content (AvgIpc) is 2.36. The van der Waals surface area contributed by atoms with Crippen LogP contribution in [0.5, 0.6) is 0 Å². The second kappa shape index (κ2) is 6.07. The fraction of sp³-hybridized carbons (Fsp3) is 0.462. The second-order valence-electron chi connectivity index (χ2n) is 4.71. The van der Waals surface area contributed by atoms with Gasteiger partial charge in [-0.2, -0.15) is 0 Å². The maximum atomic E-state index is 12.0. The highest BCUT2D eigenvalue weighted by Gasteiger charge is 2.18. The summed E-state index contributed by atoms with van der Waals surface area (Å²) in [6, 6.07) is 7.51. The van der Waals surface area contributed by atoms with Gasteiger partial charge >= 0.3 is 0 Å². The van der Waals surface area contributed by atoms with E-state index in [1.807, 2.05) is 44.4 Å². The third-order valence-corrected chi connectivity index (χ3v) is 3.30. The number of thioether (sulfide) groups is 1. The van der Waals surface area contributed by atoms with E-state index in [1.54, 1.807) is 11.8 Å². The number of hydrogen-bond acceptors (Lipinski definition) is 3. The topological polar surface area (TPSA) is 49.3 Å². The zero-order valence-electron chi connectivity index (χ0n) is 10.5. The van der Waals surface area contributed by atoms with Gasteiger partial charge in [-0.1, -0.05) is 26.0 Å². The van der Waals surface area contributed by atoms with E-state index >= 15 is 0 Å². The summed E-state index contributed by atoms with van der Waals surface area (Å²) in [5.74, 6) is -0.0866. The van der Waals surface area contributed by atoms with Crippen LogP contribution in [0, 0.1) is 5.41 Å². The molecule has 17 heavy (non-hydrogen) atoms. The summed E-state index contributed by atoms with van der Waals surface area (Å²) in [5, 5.41) is 12.0. The predicted molar refractivity (Wildman–Crippen MR) is 71.4 cm³/mol. The van der Waals surface area contributed by atoms with Crippen LogP contribution in [-0.4, -0.2) is 30.4 Å². The van der Waals surface area contributed by atoms with E-state index in [2.05, 4.69) is 5.32 Å². The molecule has 0 saturated carbocycles. The summed E-state index contributed by atoms with van der Waals surface area (Å²) in [6.45, 7) is 4.34. The number of rotatable bonds is 5. The van der Waals surface area contributed by atoms with Crippen LogP contribution in [0.4, 0.5) is 0 Å². The Bertz CT molecular complexity index is 391. The van der Waals surface area contributed by atoms with Gasteiger partial charge in [-0.3, -0.25) is 4.79 Å². The minimum absolute atomic E-state index is 0.0530. The van der Waals surface area contributed by atoms with E-state index in [0.717, 1.165) is 4.90 Å². The summed E-state index contributed by atoms with van der Waals surface area (Å²) in [6.07, 6.45) is 1.95. The van der Waals surface area contributed by atoms with Gasteiger partial charge in [0.2, 0.25) is 0 Å². The lowest BCUT2D eigenvalue weighted by atomic mass is 9.95. The maximum Gasteiger partial charge on any atom is 0.252 e. The van der Waals surface area contributed by atoms with E-state index < -0.39 is 0 Å². The van der Waals surface area contributed by atoms with Crippen LogP contribution in [-0.2, 0) is 0 Å². The summed E-state index contributed by atoms with van der Waals surface area (Å²) in [4.78, 5) is 12.9. The van der Waals surface area contributed by atoms with Gasteiger partial charge in [-0.15, -0.1) is 11.8 Å². The molecule has 0 heterocycles. The monoisotopic (exact) mass is 253 g/mol. The van der Waals surface area contributed by atoms with Crippen LogP contribution in [0.3, 0.4) is 0 Å². The number of hydrogen-bond donors (Lipinski definition) is 2. The number of carbonyl (C=O) groups excluding carboxylic acids is 1. The van der Waals surface area contributed by atoms with Gasteiger partial charge in [0.15, 0.2) is 0 Å². The molecule has 0 fully saturated rings. The quantitative estimate of drug-likeness (QED) is 0.791. The zero-order valence-corrected chi connectivity index (χ0v) is 11.3. The summed E-state index contributed by atoms with van der Waals surface area (Å²) in [7, 11) is 0. The number of aliphatic hydroxyl groups is 1. The molecule has 0 bridgehead atoms. The molecule has 0 saturated heterocycles. The number of nitrogens with one attached hydrogen (secondary N) is 1. The van der Waals surface area contributed by atoms with E-state index in [9.17, 15) is 4.79 Å². The van der Waals surface area contributed by atoms with Crippen LogP contribution < -0.4 is 5.32 Å². The van der Waals surface area contributed by atoms with Crippen molar-refractivity contribution < 1.29 is 9.90 Å². The third-order valence-electron chi connectivity index (χ3n) is 2.51. The number of carbonyl (C=O) groups is 1. The van der Waals surface area contributed by atoms with Crippen molar-refractivity contribution in [2.75, 3.05) is 19.4 Å². The van der Waals surface area contributed by atoms with E-state index in [4.69, 9.17) is 5.11 Å². The molecule has 1 amide bonds. The molecule has 4 heteroatoms. The third kappa shape index (κ3) is 4.06.